The Hall–Kier alpha value is -1.11. The Morgan fingerprint density at radius 3 is 2.50 bits per heavy atom. The van der Waals surface area contributed by atoms with Gasteiger partial charge in [0.25, 0.3) is 0 Å². The molecule has 1 heterocycles. The molecular formula is C5H6F3N3O. The summed E-state index contributed by atoms with van der Waals surface area (Å²) in [5.74, 6) is 0. The van der Waals surface area contributed by atoms with Gasteiger partial charge in [-0.05, 0) is 0 Å². The lowest BCUT2D eigenvalue weighted by atomic mass is 10.3. The zero-order chi connectivity index (χ0) is 9.35. The number of hydrogen-bond donors (Lipinski definition) is 1. The van der Waals surface area contributed by atoms with Crippen molar-refractivity contribution in [1.29, 1.82) is 0 Å². The Morgan fingerprint density at radius 2 is 2.17 bits per heavy atom. The second kappa shape index (κ2) is 2.74. The van der Waals surface area contributed by atoms with Gasteiger partial charge in [-0.25, -0.2) is 0 Å². The van der Waals surface area contributed by atoms with Crippen molar-refractivity contribution in [1.82, 2.24) is 15.0 Å². The highest BCUT2D eigenvalue weighted by atomic mass is 19.4. The molecule has 0 fully saturated rings. The molecule has 1 rings (SSSR count). The highest BCUT2D eigenvalue weighted by Gasteiger charge is 2.41. The van der Waals surface area contributed by atoms with Gasteiger partial charge in [0, 0.05) is 7.05 Å². The minimum atomic E-state index is -4.68. The largest absolute Gasteiger partial charge is 0.420 e. The first kappa shape index (κ1) is 8.98. The molecule has 0 aliphatic rings. The third-order valence-electron chi connectivity index (χ3n) is 1.21. The SMILES string of the molecule is Cn1cc([C@H](O)C(F)(F)F)nn1. The zero-order valence-corrected chi connectivity index (χ0v) is 6.08. The summed E-state index contributed by atoms with van der Waals surface area (Å²) in [5, 5.41) is 15.0. The molecule has 0 bridgehead atoms. The molecule has 0 radical (unpaired) electrons. The molecule has 4 nitrogen and oxygen atoms in total. The van der Waals surface area contributed by atoms with Gasteiger partial charge in [0.1, 0.15) is 5.69 Å². The van der Waals surface area contributed by atoms with Crippen LogP contribution in [0.3, 0.4) is 0 Å². The van der Waals surface area contributed by atoms with Crippen LogP contribution in [0.4, 0.5) is 13.2 Å². The summed E-state index contributed by atoms with van der Waals surface area (Å²) in [6.45, 7) is 0. The molecule has 0 aliphatic heterocycles. The van der Waals surface area contributed by atoms with Crippen molar-refractivity contribution in [2.45, 2.75) is 12.3 Å². The van der Waals surface area contributed by atoms with Crippen LogP contribution in [0.15, 0.2) is 6.20 Å². The number of halogens is 3. The number of rotatable bonds is 1. The van der Waals surface area contributed by atoms with Crippen LogP contribution in [0, 0.1) is 0 Å². The van der Waals surface area contributed by atoms with Gasteiger partial charge in [0.15, 0.2) is 6.10 Å². The molecule has 0 saturated carbocycles. The molecule has 7 heteroatoms. The monoisotopic (exact) mass is 181 g/mol. The zero-order valence-electron chi connectivity index (χ0n) is 6.08. The highest BCUT2D eigenvalue weighted by Crippen LogP contribution is 2.30. The Labute approximate surface area is 65.6 Å². The van der Waals surface area contributed by atoms with Gasteiger partial charge in [0.05, 0.1) is 6.20 Å². The standard InChI is InChI=1S/C5H6F3N3O/c1-11-2-3(9-10-11)4(12)5(6,7)8/h2,4,12H,1H3/t4-/m0/s1. The third kappa shape index (κ3) is 1.73. The van der Waals surface area contributed by atoms with Crippen molar-refractivity contribution in [3.8, 4) is 0 Å². The van der Waals surface area contributed by atoms with E-state index >= 15 is 0 Å². The van der Waals surface area contributed by atoms with Crippen molar-refractivity contribution in [2.75, 3.05) is 0 Å². The van der Waals surface area contributed by atoms with E-state index in [1.807, 2.05) is 0 Å². The van der Waals surface area contributed by atoms with Gasteiger partial charge in [-0.2, -0.15) is 13.2 Å². The van der Waals surface area contributed by atoms with Crippen molar-refractivity contribution in [3.05, 3.63) is 11.9 Å². The summed E-state index contributed by atoms with van der Waals surface area (Å²) < 4.78 is 36.5. The first-order valence-electron chi connectivity index (χ1n) is 3.02. The average Bonchev–Trinajstić information content (AvgIpc) is 2.32. The van der Waals surface area contributed by atoms with Gasteiger partial charge >= 0.3 is 6.18 Å². The van der Waals surface area contributed by atoms with Crippen molar-refractivity contribution in [2.24, 2.45) is 7.05 Å². The van der Waals surface area contributed by atoms with Crippen molar-refractivity contribution < 1.29 is 18.3 Å². The van der Waals surface area contributed by atoms with Gasteiger partial charge in [0.2, 0.25) is 0 Å². The Bertz CT molecular complexity index is 269. The average molecular weight is 181 g/mol. The number of nitrogens with zero attached hydrogens (tertiary/aromatic N) is 3. The summed E-state index contributed by atoms with van der Waals surface area (Å²) in [7, 11) is 1.42. The van der Waals surface area contributed by atoms with Gasteiger partial charge in [-0.1, -0.05) is 5.21 Å². The van der Waals surface area contributed by atoms with Crippen LogP contribution in [0.1, 0.15) is 11.8 Å². The molecule has 1 atom stereocenters. The lowest BCUT2D eigenvalue weighted by Crippen LogP contribution is -2.20. The molecule has 0 aliphatic carbocycles. The van der Waals surface area contributed by atoms with E-state index in [0.29, 0.717) is 0 Å². The molecule has 1 N–H and O–H groups in total. The van der Waals surface area contributed by atoms with Gasteiger partial charge in [-0.15, -0.1) is 5.10 Å². The van der Waals surface area contributed by atoms with E-state index in [4.69, 9.17) is 5.11 Å². The number of aliphatic hydroxyl groups is 1. The molecule has 1 aromatic heterocycles. The van der Waals surface area contributed by atoms with Crippen LogP contribution in [0.2, 0.25) is 0 Å². The van der Waals surface area contributed by atoms with Crippen LogP contribution in [-0.4, -0.2) is 26.3 Å². The topological polar surface area (TPSA) is 50.9 Å². The third-order valence-corrected chi connectivity index (χ3v) is 1.21. The number of hydrogen-bond acceptors (Lipinski definition) is 3. The Balaban J connectivity index is 2.85. The fourth-order valence-electron chi connectivity index (χ4n) is 0.658. The summed E-state index contributed by atoms with van der Waals surface area (Å²) in [5.41, 5.74) is -0.495. The van der Waals surface area contributed by atoms with Crippen LogP contribution in [-0.2, 0) is 7.05 Å². The molecule has 12 heavy (non-hydrogen) atoms. The van der Waals surface area contributed by atoms with E-state index in [-0.39, 0.29) is 0 Å². The lowest BCUT2D eigenvalue weighted by molar-refractivity contribution is -0.208. The lowest BCUT2D eigenvalue weighted by Gasteiger charge is -2.10. The molecular weight excluding hydrogens is 175 g/mol. The molecule has 68 valence electrons. The number of alkyl halides is 3. The predicted octanol–water partition coefficient (Wildman–Crippen LogP) is 0.411. The molecule has 0 unspecified atom stereocenters. The molecule has 0 saturated heterocycles. The maximum atomic E-state index is 11.8. The summed E-state index contributed by atoms with van der Waals surface area (Å²) in [6, 6.07) is 0. The van der Waals surface area contributed by atoms with E-state index in [0.717, 1.165) is 10.9 Å². The Morgan fingerprint density at radius 1 is 1.58 bits per heavy atom. The number of aliphatic hydroxyl groups excluding tert-OH is 1. The first-order chi connectivity index (χ1) is 5.41. The Kier molecular flexibility index (Phi) is 2.05. The molecule has 0 aromatic carbocycles. The predicted molar refractivity (Wildman–Crippen MR) is 32.0 cm³/mol. The quantitative estimate of drug-likeness (QED) is 0.682. The normalized spacial score (nSPS) is 14.8. The maximum Gasteiger partial charge on any atom is 0.420 e. The van der Waals surface area contributed by atoms with E-state index in [2.05, 4.69) is 10.3 Å². The van der Waals surface area contributed by atoms with Gasteiger partial charge in [-0.3, -0.25) is 4.68 Å². The van der Waals surface area contributed by atoms with E-state index in [1.165, 1.54) is 7.05 Å². The fraction of sp³-hybridized carbons (Fsp3) is 0.600. The van der Waals surface area contributed by atoms with Crippen LogP contribution in [0.25, 0.3) is 0 Å². The second-order valence-electron chi connectivity index (χ2n) is 2.26. The minimum absolute atomic E-state index is 0.495. The second-order valence-corrected chi connectivity index (χ2v) is 2.26. The first-order valence-corrected chi connectivity index (χ1v) is 3.02. The smallest absolute Gasteiger partial charge is 0.378 e. The summed E-state index contributed by atoms with van der Waals surface area (Å²) >= 11 is 0. The molecule has 0 spiro atoms. The van der Waals surface area contributed by atoms with Crippen molar-refractivity contribution in [3.63, 3.8) is 0 Å². The number of aromatic nitrogens is 3. The minimum Gasteiger partial charge on any atom is -0.378 e. The summed E-state index contributed by atoms with van der Waals surface area (Å²) in [4.78, 5) is 0. The highest BCUT2D eigenvalue weighted by molar-refractivity contribution is 4.99. The van der Waals surface area contributed by atoms with Crippen LogP contribution in [0.5, 0.6) is 0 Å². The van der Waals surface area contributed by atoms with Crippen LogP contribution >= 0.6 is 0 Å². The van der Waals surface area contributed by atoms with Crippen LogP contribution < -0.4 is 0 Å². The number of aryl methyl sites for hydroxylation is 1. The molecule has 0 amide bonds. The van der Waals surface area contributed by atoms with E-state index in [9.17, 15) is 13.2 Å². The van der Waals surface area contributed by atoms with Gasteiger partial charge < -0.3 is 5.11 Å². The molecule has 1 aromatic rings. The maximum absolute atomic E-state index is 11.8. The summed E-state index contributed by atoms with van der Waals surface area (Å²) in [6.07, 6.45) is -6.22. The van der Waals surface area contributed by atoms with Crippen molar-refractivity contribution >= 4 is 0 Å². The van der Waals surface area contributed by atoms with E-state index < -0.39 is 18.0 Å². The fourth-order valence-corrected chi connectivity index (χ4v) is 0.658. The van der Waals surface area contributed by atoms with E-state index in [1.54, 1.807) is 0 Å².